The number of nitrogens with zero attached hydrogens (tertiary/aromatic N) is 4. The number of carboxylic acids is 1. The maximum atomic E-state index is 12.8. The van der Waals surface area contributed by atoms with Crippen LogP contribution in [-0.2, 0) is 15.6 Å². The summed E-state index contributed by atoms with van der Waals surface area (Å²) >= 11 is 0. The molecule has 14 nitrogen and oxygen atoms in total. The maximum absolute atomic E-state index is 12.8. The first-order valence-electron chi connectivity index (χ1n) is 12.2. The molecule has 0 radical (unpaired) electrons. The van der Waals surface area contributed by atoms with E-state index < -0.39 is 64.7 Å². The normalized spacial score (nSPS) is 28.7. The van der Waals surface area contributed by atoms with Crippen LogP contribution in [0.3, 0.4) is 0 Å². The topological polar surface area (TPSA) is 210 Å². The average Bonchev–Trinajstić information content (AvgIpc) is 2.82. The van der Waals surface area contributed by atoms with Crippen molar-refractivity contribution in [2.75, 3.05) is 0 Å². The minimum Gasteiger partial charge on any atom is -0.481 e. The van der Waals surface area contributed by atoms with Crippen molar-refractivity contribution >= 4 is 28.7 Å². The first-order valence-corrected chi connectivity index (χ1v) is 12.2. The third kappa shape index (κ3) is 3.72. The highest BCUT2D eigenvalue weighted by Crippen LogP contribution is 2.71. The zero-order chi connectivity index (χ0) is 28.7. The lowest BCUT2D eigenvalue weighted by Crippen LogP contribution is -2.62. The van der Waals surface area contributed by atoms with E-state index in [0.717, 1.165) is 0 Å². The van der Waals surface area contributed by atoms with Gasteiger partial charge < -0.3 is 5.11 Å². The van der Waals surface area contributed by atoms with Crippen LogP contribution in [0.5, 0.6) is 0 Å². The molecule has 4 fully saturated rings. The third-order valence-corrected chi connectivity index (χ3v) is 9.24. The Morgan fingerprint density at radius 1 is 0.692 bits per heavy atom. The van der Waals surface area contributed by atoms with Crippen molar-refractivity contribution in [1.82, 2.24) is 0 Å². The number of carbonyl (C=O) groups is 1. The monoisotopic (exact) mass is 540 g/mol. The maximum Gasteiger partial charge on any atom is 0.309 e. The Hall–Kier alpha value is -4.49. The zero-order valence-electron chi connectivity index (χ0n) is 21.0. The fourth-order valence-electron chi connectivity index (χ4n) is 8.06. The molecular weight excluding hydrogens is 516 g/mol. The van der Waals surface area contributed by atoms with E-state index in [-0.39, 0.29) is 47.4 Å². The number of hydrogen-bond donors (Lipinski definition) is 1. The van der Waals surface area contributed by atoms with Crippen LogP contribution in [0.1, 0.15) is 60.8 Å². The minimum absolute atomic E-state index is 0.0843. The van der Waals surface area contributed by atoms with E-state index in [2.05, 4.69) is 0 Å². The van der Waals surface area contributed by atoms with E-state index in [9.17, 15) is 50.4 Å². The highest BCUT2D eigenvalue weighted by atomic mass is 16.6. The van der Waals surface area contributed by atoms with Gasteiger partial charge in [0.25, 0.3) is 22.7 Å². The number of nitro benzene ring substituents is 4. The summed E-state index contributed by atoms with van der Waals surface area (Å²) in [5.74, 6) is -1.30. The summed E-state index contributed by atoms with van der Waals surface area (Å²) in [6.45, 7) is 2.56. The molecule has 2 aromatic rings. The van der Waals surface area contributed by atoms with Gasteiger partial charge in [0.15, 0.2) is 0 Å². The summed E-state index contributed by atoms with van der Waals surface area (Å²) in [5, 5.41) is 57.7. The van der Waals surface area contributed by atoms with Gasteiger partial charge >= 0.3 is 5.97 Å². The van der Waals surface area contributed by atoms with Gasteiger partial charge in [0.1, 0.15) is 11.1 Å². The molecule has 1 N–H and O–H groups in total. The Morgan fingerprint density at radius 2 is 1.03 bits per heavy atom. The minimum atomic E-state index is -1.30. The largest absolute Gasteiger partial charge is 0.481 e. The summed E-state index contributed by atoms with van der Waals surface area (Å²) in [4.78, 5) is 57.3. The van der Waals surface area contributed by atoms with Gasteiger partial charge in [0.2, 0.25) is 0 Å². The second-order valence-electron chi connectivity index (χ2n) is 11.5. The number of aliphatic carboxylic acids is 1. The lowest BCUT2D eigenvalue weighted by Gasteiger charge is -2.65. The van der Waals surface area contributed by atoms with Crippen molar-refractivity contribution in [3.63, 3.8) is 0 Å². The SMILES string of the molecule is Cc1c([N+](=O)[O-])cc([C@@]23CC4CC(C(=O)O)(C2)C[C@](c2cc([N+](=O)[O-])c(C)c([N+](=O)[O-])c2)(C4)C3)cc1[N+](=O)[O-]. The molecule has 4 bridgehead atoms. The molecule has 4 aliphatic rings. The van der Waals surface area contributed by atoms with Crippen LogP contribution in [0, 0.1) is 65.6 Å². The predicted octanol–water partition coefficient (Wildman–Crippen LogP) is 5.18. The van der Waals surface area contributed by atoms with Crippen LogP contribution < -0.4 is 0 Å². The first kappa shape index (κ1) is 26.1. The highest BCUT2D eigenvalue weighted by Gasteiger charge is 2.67. The number of nitro groups is 4. The number of rotatable bonds is 7. The number of benzene rings is 2. The molecular formula is C25H24N4O10. The second kappa shape index (κ2) is 8.25. The average molecular weight is 540 g/mol. The molecule has 0 heterocycles. The standard InChI is InChI=1S/C25H24N4O10/c1-13-18(26(32)33)3-16(4-19(13)27(34)35)23-7-15-8-24(10-23,12-25(9-15,11-23)22(30)31)17-5-20(28(36)37)14(2)21(6-17)29(38)39/h3-6,15H,7-12H2,1-2H3,(H,30,31)/t15?,23-,24+,25?. The van der Waals surface area contributed by atoms with Gasteiger partial charge in [-0.2, -0.15) is 0 Å². The van der Waals surface area contributed by atoms with Gasteiger partial charge in [-0.1, -0.05) is 0 Å². The zero-order valence-corrected chi connectivity index (χ0v) is 21.0. The molecule has 4 atom stereocenters. The quantitative estimate of drug-likeness (QED) is 0.359. The second-order valence-corrected chi connectivity index (χ2v) is 11.5. The van der Waals surface area contributed by atoms with Gasteiger partial charge in [0, 0.05) is 24.3 Å². The lowest BCUT2D eigenvalue weighted by molar-refractivity contribution is -0.395. The molecule has 14 heteroatoms. The van der Waals surface area contributed by atoms with Crippen molar-refractivity contribution in [3.8, 4) is 0 Å². The van der Waals surface area contributed by atoms with E-state index in [1.807, 2.05) is 0 Å². The Balaban J connectivity index is 1.78. The van der Waals surface area contributed by atoms with Crippen LogP contribution in [0.25, 0.3) is 0 Å². The Bertz CT molecular complexity index is 1350. The lowest BCUT2D eigenvalue weighted by atomic mass is 9.37. The Morgan fingerprint density at radius 3 is 1.31 bits per heavy atom. The molecule has 204 valence electrons. The number of carboxylic acid groups (broad SMARTS) is 1. The Labute approximate surface area is 220 Å². The predicted molar refractivity (Wildman–Crippen MR) is 134 cm³/mol. The van der Waals surface area contributed by atoms with Crippen molar-refractivity contribution < 1.29 is 29.6 Å². The smallest absolute Gasteiger partial charge is 0.309 e. The third-order valence-electron chi connectivity index (χ3n) is 9.24. The summed E-state index contributed by atoms with van der Waals surface area (Å²) in [5.41, 5.74) is -4.82. The van der Waals surface area contributed by atoms with Crippen LogP contribution >= 0.6 is 0 Å². The molecule has 0 saturated heterocycles. The molecule has 0 amide bonds. The Kier molecular flexibility index (Phi) is 5.53. The molecule has 2 unspecified atom stereocenters. The summed E-state index contributed by atoms with van der Waals surface area (Å²) in [7, 11) is 0. The summed E-state index contributed by atoms with van der Waals surface area (Å²) < 4.78 is 0. The van der Waals surface area contributed by atoms with E-state index in [4.69, 9.17) is 0 Å². The van der Waals surface area contributed by atoms with E-state index in [0.29, 0.717) is 19.3 Å². The fraction of sp³-hybridized carbons (Fsp3) is 0.480. The van der Waals surface area contributed by atoms with Gasteiger partial charge in [-0.3, -0.25) is 45.3 Å². The summed E-state index contributed by atoms with van der Waals surface area (Å²) in [6.07, 6.45) is 1.54. The van der Waals surface area contributed by atoms with E-state index in [1.165, 1.54) is 38.1 Å². The van der Waals surface area contributed by atoms with Crippen molar-refractivity contribution in [1.29, 1.82) is 0 Å². The van der Waals surface area contributed by atoms with E-state index >= 15 is 0 Å². The van der Waals surface area contributed by atoms with Gasteiger partial charge in [-0.15, -0.1) is 0 Å². The van der Waals surface area contributed by atoms with Crippen molar-refractivity contribution in [2.24, 2.45) is 11.3 Å². The molecule has 4 aliphatic carbocycles. The van der Waals surface area contributed by atoms with Crippen LogP contribution in [-0.4, -0.2) is 30.8 Å². The highest BCUT2D eigenvalue weighted by molar-refractivity contribution is 5.77. The van der Waals surface area contributed by atoms with Crippen LogP contribution in [0.2, 0.25) is 0 Å². The molecule has 6 rings (SSSR count). The molecule has 39 heavy (non-hydrogen) atoms. The molecule has 0 aliphatic heterocycles. The molecule has 2 aromatic carbocycles. The van der Waals surface area contributed by atoms with Crippen molar-refractivity contribution in [3.05, 3.63) is 87.0 Å². The number of hydrogen-bond acceptors (Lipinski definition) is 9. The van der Waals surface area contributed by atoms with Gasteiger partial charge in [-0.25, -0.2) is 0 Å². The van der Waals surface area contributed by atoms with Crippen LogP contribution in [0.4, 0.5) is 22.7 Å². The fourth-order valence-corrected chi connectivity index (χ4v) is 8.06. The van der Waals surface area contributed by atoms with Crippen molar-refractivity contribution in [2.45, 2.75) is 63.2 Å². The molecule has 0 spiro atoms. The molecule has 0 aromatic heterocycles. The molecule has 4 saturated carbocycles. The first-order chi connectivity index (χ1) is 18.1. The van der Waals surface area contributed by atoms with Crippen LogP contribution in [0.15, 0.2) is 24.3 Å². The summed E-state index contributed by atoms with van der Waals surface area (Å²) in [6, 6.07) is 5.11. The van der Waals surface area contributed by atoms with Gasteiger partial charge in [-0.05, 0) is 80.2 Å². The van der Waals surface area contributed by atoms with Gasteiger partial charge in [0.05, 0.1) is 25.1 Å². The van der Waals surface area contributed by atoms with E-state index in [1.54, 1.807) is 0 Å².